The minimum absolute atomic E-state index is 0.0430. The Morgan fingerprint density at radius 2 is 1.93 bits per heavy atom. The van der Waals surface area contributed by atoms with Crippen LogP contribution in [0.1, 0.15) is 50.5 Å². The predicted octanol–water partition coefficient (Wildman–Crippen LogP) is 3.31. The zero-order chi connectivity index (χ0) is 20.1. The number of likely N-dealkylation sites (tertiary alicyclic amines) is 1. The van der Waals surface area contributed by atoms with Crippen molar-refractivity contribution in [3.05, 3.63) is 48.3 Å². The molecular formula is C23H30N4O2. The van der Waals surface area contributed by atoms with Crippen LogP contribution in [0.5, 0.6) is 0 Å². The molecule has 2 aromatic rings. The first-order valence-corrected chi connectivity index (χ1v) is 10.8. The van der Waals surface area contributed by atoms with Crippen molar-refractivity contribution in [1.82, 2.24) is 20.0 Å². The number of carbonyl (C=O) groups excluding carboxylic acids is 2. The van der Waals surface area contributed by atoms with Gasteiger partial charge in [0, 0.05) is 38.4 Å². The molecule has 6 heteroatoms. The number of benzene rings is 1. The van der Waals surface area contributed by atoms with E-state index in [2.05, 4.69) is 10.4 Å². The predicted molar refractivity (Wildman–Crippen MR) is 111 cm³/mol. The number of carbonyl (C=O) groups is 2. The van der Waals surface area contributed by atoms with Crippen molar-refractivity contribution in [1.29, 1.82) is 0 Å². The summed E-state index contributed by atoms with van der Waals surface area (Å²) in [5, 5.41) is 7.39. The third-order valence-electron chi connectivity index (χ3n) is 6.27. The largest absolute Gasteiger partial charge is 0.352 e. The van der Waals surface area contributed by atoms with E-state index >= 15 is 0 Å². The Bertz CT molecular complexity index is 827. The van der Waals surface area contributed by atoms with Gasteiger partial charge in [0.05, 0.1) is 11.6 Å². The van der Waals surface area contributed by atoms with Crippen molar-refractivity contribution in [2.75, 3.05) is 13.1 Å². The first kappa shape index (κ1) is 19.7. The van der Waals surface area contributed by atoms with E-state index in [0.29, 0.717) is 31.8 Å². The molecule has 1 aromatic carbocycles. The molecule has 0 bridgehead atoms. The molecular weight excluding hydrogens is 364 g/mol. The van der Waals surface area contributed by atoms with Gasteiger partial charge in [-0.25, -0.2) is 4.68 Å². The lowest BCUT2D eigenvalue weighted by molar-refractivity contribution is -0.139. The molecule has 2 fully saturated rings. The number of rotatable bonds is 6. The lowest BCUT2D eigenvalue weighted by atomic mass is 9.87. The van der Waals surface area contributed by atoms with Crippen LogP contribution < -0.4 is 5.32 Å². The molecule has 2 heterocycles. The zero-order valence-corrected chi connectivity index (χ0v) is 16.9. The van der Waals surface area contributed by atoms with Crippen LogP contribution in [0.4, 0.5) is 0 Å². The molecule has 1 unspecified atom stereocenters. The van der Waals surface area contributed by atoms with E-state index in [1.807, 2.05) is 46.1 Å². The Balaban J connectivity index is 1.34. The molecule has 1 atom stereocenters. The van der Waals surface area contributed by atoms with Crippen LogP contribution in [0.2, 0.25) is 0 Å². The topological polar surface area (TPSA) is 67.2 Å². The lowest BCUT2D eigenvalue weighted by Gasteiger charge is -2.35. The molecule has 1 saturated carbocycles. The second-order valence-electron chi connectivity index (χ2n) is 8.34. The fourth-order valence-corrected chi connectivity index (χ4v) is 4.61. The highest BCUT2D eigenvalue weighted by Gasteiger charge is 2.31. The van der Waals surface area contributed by atoms with Gasteiger partial charge in [-0.1, -0.05) is 37.5 Å². The van der Waals surface area contributed by atoms with Crippen LogP contribution in [0.3, 0.4) is 0 Å². The van der Waals surface area contributed by atoms with Crippen molar-refractivity contribution in [2.45, 2.75) is 51.5 Å². The molecule has 1 saturated heterocycles. The molecule has 1 N–H and O–H groups in total. The van der Waals surface area contributed by atoms with Gasteiger partial charge < -0.3 is 10.2 Å². The Morgan fingerprint density at radius 1 is 1.10 bits per heavy atom. The van der Waals surface area contributed by atoms with Gasteiger partial charge in [0.2, 0.25) is 11.8 Å². The first-order chi connectivity index (χ1) is 14.2. The van der Waals surface area contributed by atoms with E-state index in [-0.39, 0.29) is 17.7 Å². The van der Waals surface area contributed by atoms with Gasteiger partial charge in [0.15, 0.2) is 0 Å². The third kappa shape index (κ3) is 4.86. The zero-order valence-electron chi connectivity index (χ0n) is 16.9. The maximum Gasteiger partial charge on any atom is 0.225 e. The highest BCUT2D eigenvalue weighted by atomic mass is 16.2. The molecule has 29 heavy (non-hydrogen) atoms. The summed E-state index contributed by atoms with van der Waals surface area (Å²) in [6.07, 6.45) is 11.1. The summed E-state index contributed by atoms with van der Waals surface area (Å²) in [6.45, 7) is 1.84. The van der Waals surface area contributed by atoms with Gasteiger partial charge in [0.1, 0.15) is 0 Å². The molecule has 1 aliphatic heterocycles. The Morgan fingerprint density at radius 3 is 2.72 bits per heavy atom. The number of hydrogen-bond acceptors (Lipinski definition) is 3. The minimum Gasteiger partial charge on any atom is -0.352 e. The van der Waals surface area contributed by atoms with Crippen molar-refractivity contribution < 1.29 is 9.59 Å². The summed E-state index contributed by atoms with van der Waals surface area (Å²) in [7, 11) is 0. The highest BCUT2D eigenvalue weighted by molar-refractivity contribution is 5.83. The molecule has 1 aliphatic carbocycles. The standard InChI is InChI=1S/C23H30N4O2/c28-22-12-11-20(17-26(22)16-18-7-2-1-3-8-18)23(29)24-15-19-9-4-5-10-21(19)27-14-6-13-25-27/h4-6,9-10,13-14,18,20H,1-3,7-8,11-12,15-17H2,(H,24,29). The Hall–Kier alpha value is -2.63. The summed E-state index contributed by atoms with van der Waals surface area (Å²) < 4.78 is 1.81. The van der Waals surface area contributed by atoms with E-state index in [9.17, 15) is 9.59 Å². The average molecular weight is 395 g/mol. The SMILES string of the molecule is O=C(NCc1ccccc1-n1cccn1)C1CCC(=O)N(CC2CCCCC2)C1. The second-order valence-corrected chi connectivity index (χ2v) is 8.34. The molecule has 154 valence electrons. The quantitative estimate of drug-likeness (QED) is 0.817. The molecule has 0 spiro atoms. The van der Waals surface area contributed by atoms with Crippen LogP contribution in [-0.2, 0) is 16.1 Å². The molecule has 4 rings (SSSR count). The summed E-state index contributed by atoms with van der Waals surface area (Å²) in [6, 6.07) is 9.84. The maximum absolute atomic E-state index is 12.8. The molecule has 0 radical (unpaired) electrons. The molecule has 2 amide bonds. The number of aromatic nitrogens is 2. The van der Waals surface area contributed by atoms with E-state index < -0.39 is 0 Å². The summed E-state index contributed by atoms with van der Waals surface area (Å²) in [5.41, 5.74) is 1.99. The van der Waals surface area contributed by atoms with E-state index in [0.717, 1.165) is 17.8 Å². The Kier molecular flexibility index (Phi) is 6.27. The fraction of sp³-hybridized carbons (Fsp3) is 0.522. The number of hydrogen-bond donors (Lipinski definition) is 1. The van der Waals surface area contributed by atoms with E-state index in [4.69, 9.17) is 0 Å². The van der Waals surface area contributed by atoms with Gasteiger partial charge in [-0.2, -0.15) is 5.10 Å². The highest BCUT2D eigenvalue weighted by Crippen LogP contribution is 2.27. The molecule has 2 aliphatic rings. The number of nitrogens with zero attached hydrogens (tertiary/aromatic N) is 3. The second kappa shape index (κ2) is 9.25. The molecule has 1 aromatic heterocycles. The number of piperidine rings is 1. The maximum atomic E-state index is 12.8. The van der Waals surface area contributed by atoms with Crippen LogP contribution in [0, 0.1) is 11.8 Å². The van der Waals surface area contributed by atoms with E-state index in [1.165, 1.54) is 32.1 Å². The summed E-state index contributed by atoms with van der Waals surface area (Å²) in [5.74, 6) is 0.744. The van der Waals surface area contributed by atoms with Gasteiger partial charge in [0.25, 0.3) is 0 Å². The van der Waals surface area contributed by atoms with Gasteiger partial charge >= 0.3 is 0 Å². The van der Waals surface area contributed by atoms with Gasteiger partial charge in [-0.3, -0.25) is 9.59 Å². The number of amides is 2. The van der Waals surface area contributed by atoms with Crippen LogP contribution in [0.15, 0.2) is 42.7 Å². The average Bonchev–Trinajstić information content (AvgIpc) is 3.29. The third-order valence-corrected chi connectivity index (χ3v) is 6.27. The summed E-state index contributed by atoms with van der Waals surface area (Å²) >= 11 is 0. The van der Waals surface area contributed by atoms with E-state index in [1.54, 1.807) is 6.20 Å². The van der Waals surface area contributed by atoms with Gasteiger partial charge in [-0.15, -0.1) is 0 Å². The number of para-hydroxylation sites is 1. The normalized spacial score (nSPS) is 20.6. The smallest absolute Gasteiger partial charge is 0.225 e. The van der Waals surface area contributed by atoms with Crippen LogP contribution in [0.25, 0.3) is 5.69 Å². The summed E-state index contributed by atoms with van der Waals surface area (Å²) in [4.78, 5) is 27.2. The van der Waals surface area contributed by atoms with Crippen molar-refractivity contribution in [3.8, 4) is 5.69 Å². The van der Waals surface area contributed by atoms with Gasteiger partial charge in [-0.05, 0) is 42.9 Å². The van der Waals surface area contributed by atoms with Crippen LogP contribution >= 0.6 is 0 Å². The van der Waals surface area contributed by atoms with Crippen molar-refractivity contribution in [3.63, 3.8) is 0 Å². The monoisotopic (exact) mass is 394 g/mol. The Labute approximate surface area is 172 Å². The minimum atomic E-state index is -0.117. The number of nitrogens with one attached hydrogen (secondary N) is 1. The molecule has 6 nitrogen and oxygen atoms in total. The van der Waals surface area contributed by atoms with Crippen molar-refractivity contribution in [2.24, 2.45) is 11.8 Å². The fourth-order valence-electron chi connectivity index (χ4n) is 4.61. The first-order valence-electron chi connectivity index (χ1n) is 10.8. The van der Waals surface area contributed by atoms with Crippen LogP contribution in [-0.4, -0.2) is 39.6 Å². The van der Waals surface area contributed by atoms with Crippen molar-refractivity contribution >= 4 is 11.8 Å². The lowest BCUT2D eigenvalue weighted by Crippen LogP contribution is -2.47.